The number of nitrogens with one attached hydrogen (secondary N) is 3. The molecule has 0 saturated carbocycles. The topological polar surface area (TPSA) is 70.2 Å². The lowest BCUT2D eigenvalue weighted by atomic mass is 10.1. The predicted octanol–water partition coefficient (Wildman–Crippen LogP) is -0.428. The first-order chi connectivity index (χ1) is 6.64. The molecule has 0 radical (unpaired) electrons. The Labute approximate surface area is 85.8 Å². The highest BCUT2D eigenvalue weighted by atomic mass is 32.2. The second-order valence-corrected chi connectivity index (χ2v) is 5.26. The molecular weight excluding hydrogens is 202 g/mol. The van der Waals surface area contributed by atoms with Crippen molar-refractivity contribution in [3.8, 4) is 0 Å². The lowest BCUT2D eigenvalue weighted by Gasteiger charge is -2.15. The van der Waals surface area contributed by atoms with Crippen molar-refractivity contribution in [3.63, 3.8) is 0 Å². The Kier molecular flexibility index (Phi) is 4.80. The van der Waals surface area contributed by atoms with Crippen LogP contribution in [0.25, 0.3) is 0 Å². The zero-order valence-corrected chi connectivity index (χ0v) is 9.36. The van der Waals surface area contributed by atoms with Crippen LogP contribution in [0.2, 0.25) is 0 Å². The Morgan fingerprint density at radius 1 is 1.36 bits per heavy atom. The van der Waals surface area contributed by atoms with E-state index >= 15 is 0 Å². The molecule has 5 nitrogen and oxygen atoms in total. The van der Waals surface area contributed by atoms with Gasteiger partial charge in [-0.1, -0.05) is 12.8 Å². The summed E-state index contributed by atoms with van der Waals surface area (Å²) < 4.78 is 26.9. The molecule has 84 valence electrons. The van der Waals surface area contributed by atoms with E-state index in [4.69, 9.17) is 0 Å². The molecule has 0 amide bonds. The Balaban J connectivity index is 2.29. The molecule has 0 aromatic carbocycles. The highest BCUT2D eigenvalue weighted by Crippen LogP contribution is 2.07. The van der Waals surface area contributed by atoms with Crippen molar-refractivity contribution in [2.24, 2.45) is 0 Å². The fourth-order valence-corrected chi connectivity index (χ4v) is 2.12. The minimum atomic E-state index is -3.27. The van der Waals surface area contributed by atoms with Crippen LogP contribution in [0.3, 0.4) is 0 Å². The van der Waals surface area contributed by atoms with E-state index in [1.807, 2.05) is 0 Å². The molecule has 3 N–H and O–H groups in total. The first-order valence-electron chi connectivity index (χ1n) is 5.05. The van der Waals surface area contributed by atoms with Gasteiger partial charge in [-0.05, 0) is 19.4 Å². The van der Waals surface area contributed by atoms with Crippen LogP contribution in [-0.4, -0.2) is 34.6 Å². The zero-order chi connectivity index (χ0) is 10.4. The molecule has 1 rings (SSSR count). The van der Waals surface area contributed by atoms with Crippen LogP contribution in [0.15, 0.2) is 0 Å². The standard InChI is InChI=1S/C8H19N3O2S/c1-9-14(12,13)11-7-8-5-3-2-4-6-10-8/h8-11H,2-7H2,1H3. The molecule has 0 aromatic rings. The summed E-state index contributed by atoms with van der Waals surface area (Å²) in [5.41, 5.74) is 0. The van der Waals surface area contributed by atoms with Gasteiger partial charge in [-0.2, -0.15) is 8.42 Å². The molecule has 6 heteroatoms. The average Bonchev–Trinajstić information content (AvgIpc) is 2.43. The van der Waals surface area contributed by atoms with Gasteiger partial charge in [0.2, 0.25) is 0 Å². The van der Waals surface area contributed by atoms with Crippen molar-refractivity contribution < 1.29 is 8.42 Å². The summed E-state index contributed by atoms with van der Waals surface area (Å²) >= 11 is 0. The summed E-state index contributed by atoms with van der Waals surface area (Å²) in [6, 6.07) is 0.278. The molecular formula is C8H19N3O2S. The summed E-state index contributed by atoms with van der Waals surface area (Å²) in [6.45, 7) is 1.47. The van der Waals surface area contributed by atoms with E-state index in [2.05, 4.69) is 14.8 Å². The van der Waals surface area contributed by atoms with Crippen LogP contribution in [-0.2, 0) is 10.2 Å². The lowest BCUT2D eigenvalue weighted by molar-refractivity contribution is 0.493. The third-order valence-electron chi connectivity index (χ3n) is 2.45. The first kappa shape index (κ1) is 11.9. The molecule has 0 bridgehead atoms. The third kappa shape index (κ3) is 4.36. The van der Waals surface area contributed by atoms with E-state index in [9.17, 15) is 8.42 Å². The van der Waals surface area contributed by atoms with Crippen molar-refractivity contribution in [1.29, 1.82) is 0 Å². The van der Waals surface area contributed by atoms with Crippen LogP contribution < -0.4 is 14.8 Å². The van der Waals surface area contributed by atoms with Crippen molar-refractivity contribution >= 4 is 10.2 Å². The molecule has 1 aliphatic rings. The molecule has 0 spiro atoms. The van der Waals surface area contributed by atoms with E-state index in [0.717, 1.165) is 13.0 Å². The van der Waals surface area contributed by atoms with Crippen LogP contribution in [0.4, 0.5) is 0 Å². The summed E-state index contributed by atoms with van der Waals surface area (Å²) in [5, 5.41) is 3.32. The van der Waals surface area contributed by atoms with Crippen LogP contribution in [0.1, 0.15) is 25.7 Å². The first-order valence-corrected chi connectivity index (χ1v) is 6.54. The Hall–Kier alpha value is -0.170. The van der Waals surface area contributed by atoms with E-state index in [0.29, 0.717) is 6.54 Å². The van der Waals surface area contributed by atoms with E-state index in [-0.39, 0.29) is 6.04 Å². The van der Waals surface area contributed by atoms with Gasteiger partial charge in [0.1, 0.15) is 0 Å². The van der Waals surface area contributed by atoms with Gasteiger partial charge >= 0.3 is 0 Å². The van der Waals surface area contributed by atoms with Crippen LogP contribution in [0.5, 0.6) is 0 Å². The van der Waals surface area contributed by atoms with Crippen molar-refractivity contribution in [2.45, 2.75) is 31.7 Å². The van der Waals surface area contributed by atoms with E-state index in [1.165, 1.54) is 26.3 Å². The van der Waals surface area contributed by atoms with Gasteiger partial charge in [0.05, 0.1) is 0 Å². The second kappa shape index (κ2) is 5.65. The third-order valence-corrected chi connectivity index (χ3v) is 3.54. The smallest absolute Gasteiger partial charge is 0.276 e. The number of hydrogen-bond acceptors (Lipinski definition) is 3. The van der Waals surface area contributed by atoms with Crippen molar-refractivity contribution in [1.82, 2.24) is 14.8 Å². The summed E-state index contributed by atoms with van der Waals surface area (Å²) in [6.07, 6.45) is 4.66. The van der Waals surface area contributed by atoms with Crippen LogP contribution in [0, 0.1) is 0 Å². The van der Waals surface area contributed by atoms with Crippen LogP contribution >= 0.6 is 0 Å². The molecule has 1 saturated heterocycles. The van der Waals surface area contributed by atoms with Crippen molar-refractivity contribution in [3.05, 3.63) is 0 Å². The fourth-order valence-electron chi connectivity index (χ4n) is 1.56. The van der Waals surface area contributed by atoms with Crippen molar-refractivity contribution in [2.75, 3.05) is 20.1 Å². The van der Waals surface area contributed by atoms with Gasteiger partial charge in [0.25, 0.3) is 10.2 Å². The summed E-state index contributed by atoms with van der Waals surface area (Å²) in [7, 11) is -1.87. The molecule has 1 unspecified atom stereocenters. The van der Waals surface area contributed by atoms with E-state index < -0.39 is 10.2 Å². The quantitative estimate of drug-likeness (QED) is 0.603. The molecule has 1 heterocycles. The highest BCUT2D eigenvalue weighted by Gasteiger charge is 2.13. The SMILES string of the molecule is CNS(=O)(=O)NCC1CCCCCN1. The molecule has 14 heavy (non-hydrogen) atoms. The zero-order valence-electron chi connectivity index (χ0n) is 8.54. The molecule has 1 aliphatic heterocycles. The van der Waals surface area contributed by atoms with Gasteiger partial charge in [0.15, 0.2) is 0 Å². The minimum Gasteiger partial charge on any atom is -0.313 e. The summed E-state index contributed by atoms with van der Waals surface area (Å²) in [4.78, 5) is 0. The normalized spacial score (nSPS) is 24.5. The van der Waals surface area contributed by atoms with Gasteiger partial charge in [-0.3, -0.25) is 0 Å². The second-order valence-electron chi connectivity index (χ2n) is 3.56. The molecule has 1 fully saturated rings. The largest absolute Gasteiger partial charge is 0.313 e. The molecule has 0 aromatic heterocycles. The minimum absolute atomic E-state index is 0.278. The maximum absolute atomic E-state index is 11.1. The fraction of sp³-hybridized carbons (Fsp3) is 1.00. The monoisotopic (exact) mass is 221 g/mol. The Bertz CT molecular complexity index is 245. The number of hydrogen-bond donors (Lipinski definition) is 3. The van der Waals surface area contributed by atoms with Gasteiger partial charge < -0.3 is 5.32 Å². The van der Waals surface area contributed by atoms with Gasteiger partial charge in [-0.15, -0.1) is 0 Å². The summed E-state index contributed by atoms with van der Waals surface area (Å²) in [5.74, 6) is 0. The maximum atomic E-state index is 11.1. The number of rotatable bonds is 4. The lowest BCUT2D eigenvalue weighted by Crippen LogP contribution is -2.43. The van der Waals surface area contributed by atoms with E-state index in [1.54, 1.807) is 0 Å². The predicted molar refractivity (Wildman–Crippen MR) is 56.2 cm³/mol. The maximum Gasteiger partial charge on any atom is 0.276 e. The molecule has 0 aliphatic carbocycles. The Morgan fingerprint density at radius 3 is 2.86 bits per heavy atom. The molecule has 1 atom stereocenters. The van der Waals surface area contributed by atoms with Gasteiger partial charge in [-0.25, -0.2) is 9.44 Å². The average molecular weight is 221 g/mol. The van der Waals surface area contributed by atoms with Gasteiger partial charge in [0, 0.05) is 19.6 Å². The Morgan fingerprint density at radius 2 is 2.14 bits per heavy atom. The highest BCUT2D eigenvalue weighted by molar-refractivity contribution is 7.87.